The van der Waals surface area contributed by atoms with Gasteiger partial charge >= 0.3 is 0 Å². The quantitative estimate of drug-likeness (QED) is 0.835. The molecule has 0 radical (unpaired) electrons. The Kier molecular flexibility index (Phi) is 4.99. The standard InChI is InChI=1S/C22H20N2O4S/c1-27-16-7-3-5-14(9-16)18-11-20(25)24-21(19(18)12-23)29-13-22(24,26)15-6-4-8-17(10-15)28-2/h3-10,18,26H,11,13H2,1-2H3/t18-,22-/m0/s1. The Balaban J connectivity index is 1.79. The normalized spacial score (nSPS) is 23.6. The third-order valence-corrected chi connectivity index (χ3v) is 6.56. The molecule has 2 aromatic carbocycles. The van der Waals surface area contributed by atoms with Crippen molar-refractivity contribution in [2.24, 2.45) is 0 Å². The molecule has 0 unspecified atom stereocenters. The van der Waals surface area contributed by atoms with Crippen LogP contribution in [0.5, 0.6) is 11.5 Å². The van der Waals surface area contributed by atoms with Gasteiger partial charge in [-0.3, -0.25) is 9.69 Å². The van der Waals surface area contributed by atoms with Gasteiger partial charge in [-0.15, -0.1) is 11.8 Å². The van der Waals surface area contributed by atoms with E-state index >= 15 is 0 Å². The lowest BCUT2D eigenvalue weighted by molar-refractivity contribution is -0.149. The highest BCUT2D eigenvalue weighted by molar-refractivity contribution is 8.03. The summed E-state index contributed by atoms with van der Waals surface area (Å²) in [6.07, 6.45) is 0.104. The zero-order chi connectivity index (χ0) is 20.6. The Morgan fingerprint density at radius 2 is 1.86 bits per heavy atom. The molecule has 2 aliphatic heterocycles. The number of benzene rings is 2. The van der Waals surface area contributed by atoms with Crippen LogP contribution in [0.4, 0.5) is 0 Å². The Morgan fingerprint density at radius 1 is 1.17 bits per heavy atom. The average molecular weight is 408 g/mol. The van der Waals surface area contributed by atoms with Crippen LogP contribution in [0.15, 0.2) is 59.1 Å². The van der Waals surface area contributed by atoms with Crippen LogP contribution in [0.25, 0.3) is 0 Å². The van der Waals surface area contributed by atoms with Crippen LogP contribution in [0.2, 0.25) is 0 Å². The van der Waals surface area contributed by atoms with Crippen LogP contribution >= 0.6 is 11.8 Å². The molecule has 0 aliphatic carbocycles. The van der Waals surface area contributed by atoms with Crippen LogP contribution in [0, 0.1) is 11.3 Å². The number of nitriles is 1. The Labute approximate surface area is 173 Å². The van der Waals surface area contributed by atoms with Gasteiger partial charge in [-0.2, -0.15) is 5.26 Å². The Morgan fingerprint density at radius 3 is 2.55 bits per heavy atom. The molecule has 4 rings (SSSR count). The van der Waals surface area contributed by atoms with Crippen LogP contribution in [0.3, 0.4) is 0 Å². The first kappa shape index (κ1) is 19.4. The first-order valence-electron chi connectivity index (χ1n) is 9.13. The van der Waals surface area contributed by atoms with E-state index in [0.717, 1.165) is 5.56 Å². The summed E-state index contributed by atoms with van der Waals surface area (Å²) in [5.41, 5.74) is 0.373. The van der Waals surface area contributed by atoms with Crippen molar-refractivity contribution in [2.75, 3.05) is 20.0 Å². The number of aliphatic hydroxyl groups is 1. The Bertz CT molecular complexity index is 1050. The highest BCUT2D eigenvalue weighted by Gasteiger charge is 2.52. The Hall–Kier alpha value is -2.95. The molecule has 7 heteroatoms. The van der Waals surface area contributed by atoms with Crippen LogP contribution in [-0.4, -0.2) is 35.9 Å². The minimum absolute atomic E-state index is 0.104. The van der Waals surface area contributed by atoms with Gasteiger partial charge in [0.25, 0.3) is 0 Å². The second kappa shape index (κ2) is 7.47. The summed E-state index contributed by atoms with van der Waals surface area (Å²) in [6.45, 7) is 0. The second-order valence-corrected chi connectivity index (χ2v) is 7.89. The van der Waals surface area contributed by atoms with Crippen molar-refractivity contribution in [1.29, 1.82) is 5.26 Å². The van der Waals surface area contributed by atoms with E-state index in [4.69, 9.17) is 9.47 Å². The van der Waals surface area contributed by atoms with E-state index in [1.807, 2.05) is 24.3 Å². The van der Waals surface area contributed by atoms with E-state index in [9.17, 15) is 15.2 Å². The third kappa shape index (κ3) is 3.15. The summed E-state index contributed by atoms with van der Waals surface area (Å²) in [7, 11) is 3.13. The van der Waals surface area contributed by atoms with E-state index in [1.54, 1.807) is 38.5 Å². The first-order chi connectivity index (χ1) is 14.0. The maximum absolute atomic E-state index is 13.2. The van der Waals surface area contributed by atoms with Crippen molar-refractivity contribution in [3.8, 4) is 17.6 Å². The maximum atomic E-state index is 13.2. The van der Waals surface area contributed by atoms with Gasteiger partial charge in [0.15, 0.2) is 5.72 Å². The van der Waals surface area contributed by atoms with E-state index in [2.05, 4.69) is 6.07 Å². The topological polar surface area (TPSA) is 82.8 Å². The largest absolute Gasteiger partial charge is 0.497 e. The molecular weight excluding hydrogens is 388 g/mol. The molecule has 0 spiro atoms. The molecule has 29 heavy (non-hydrogen) atoms. The molecule has 0 aromatic heterocycles. The van der Waals surface area contributed by atoms with Gasteiger partial charge in [0.2, 0.25) is 5.91 Å². The number of rotatable bonds is 4. The number of carbonyl (C=O) groups is 1. The lowest BCUT2D eigenvalue weighted by atomic mass is 9.85. The van der Waals surface area contributed by atoms with E-state index < -0.39 is 5.72 Å². The van der Waals surface area contributed by atoms with Crippen LogP contribution in [0.1, 0.15) is 23.5 Å². The number of nitrogens with zero attached hydrogens (tertiary/aromatic N) is 2. The zero-order valence-electron chi connectivity index (χ0n) is 16.1. The number of allylic oxidation sites excluding steroid dienone is 1. The third-order valence-electron chi connectivity index (χ3n) is 5.34. The predicted octanol–water partition coefficient (Wildman–Crippen LogP) is 3.35. The van der Waals surface area contributed by atoms with E-state index in [-0.39, 0.29) is 24.0 Å². The lowest BCUT2D eigenvalue weighted by Crippen LogP contribution is -2.48. The molecule has 1 N–H and O–H groups in total. The van der Waals surface area contributed by atoms with E-state index in [0.29, 0.717) is 27.7 Å². The van der Waals surface area contributed by atoms with Crippen LogP contribution in [-0.2, 0) is 10.5 Å². The summed E-state index contributed by atoms with van der Waals surface area (Å²) in [4.78, 5) is 14.5. The molecular formula is C22H20N2O4S. The molecule has 2 aliphatic rings. The molecule has 6 nitrogen and oxygen atoms in total. The van der Waals surface area contributed by atoms with Gasteiger partial charge in [-0.05, 0) is 29.8 Å². The van der Waals surface area contributed by atoms with Crippen molar-refractivity contribution in [3.05, 3.63) is 70.3 Å². The van der Waals surface area contributed by atoms with Crippen molar-refractivity contribution in [1.82, 2.24) is 4.90 Å². The van der Waals surface area contributed by atoms with Gasteiger partial charge < -0.3 is 14.6 Å². The highest BCUT2D eigenvalue weighted by atomic mass is 32.2. The van der Waals surface area contributed by atoms with E-state index in [1.165, 1.54) is 16.7 Å². The fourth-order valence-corrected chi connectivity index (χ4v) is 5.21. The highest BCUT2D eigenvalue weighted by Crippen LogP contribution is 2.52. The predicted molar refractivity (Wildman–Crippen MR) is 109 cm³/mol. The minimum atomic E-state index is -1.52. The molecule has 2 atom stereocenters. The summed E-state index contributed by atoms with van der Waals surface area (Å²) in [5.74, 6) is 0.928. The zero-order valence-corrected chi connectivity index (χ0v) is 16.9. The number of amides is 1. The molecule has 1 fully saturated rings. The van der Waals surface area contributed by atoms with Crippen molar-refractivity contribution >= 4 is 17.7 Å². The monoisotopic (exact) mass is 408 g/mol. The van der Waals surface area contributed by atoms with Gasteiger partial charge in [-0.1, -0.05) is 24.3 Å². The van der Waals surface area contributed by atoms with Gasteiger partial charge in [0.1, 0.15) is 11.5 Å². The first-order valence-corrected chi connectivity index (χ1v) is 10.1. The fourth-order valence-electron chi connectivity index (χ4n) is 3.85. The van der Waals surface area contributed by atoms with Crippen LogP contribution < -0.4 is 9.47 Å². The number of methoxy groups -OCH3 is 2. The number of fused-ring (bicyclic) bond motifs is 1. The summed E-state index contributed by atoms with van der Waals surface area (Å²) < 4.78 is 10.6. The molecule has 0 bridgehead atoms. The molecule has 148 valence electrons. The number of carbonyl (C=O) groups excluding carboxylic acids is 1. The summed E-state index contributed by atoms with van der Waals surface area (Å²) in [6, 6.07) is 16.7. The minimum Gasteiger partial charge on any atom is -0.497 e. The van der Waals surface area contributed by atoms with Crippen molar-refractivity contribution < 1.29 is 19.4 Å². The molecule has 0 saturated carbocycles. The molecule has 1 amide bonds. The second-order valence-electron chi connectivity index (χ2n) is 6.93. The maximum Gasteiger partial charge on any atom is 0.231 e. The molecule has 1 saturated heterocycles. The number of thioether (sulfide) groups is 1. The average Bonchev–Trinajstić information content (AvgIpc) is 3.13. The van der Waals surface area contributed by atoms with Crippen molar-refractivity contribution in [3.63, 3.8) is 0 Å². The molecule has 2 heterocycles. The number of hydrogen-bond donors (Lipinski definition) is 1. The van der Waals surface area contributed by atoms with Gasteiger partial charge in [0, 0.05) is 17.9 Å². The summed E-state index contributed by atoms with van der Waals surface area (Å²) >= 11 is 1.33. The van der Waals surface area contributed by atoms with Gasteiger partial charge in [-0.25, -0.2) is 0 Å². The lowest BCUT2D eigenvalue weighted by Gasteiger charge is -2.38. The number of hydrogen-bond acceptors (Lipinski definition) is 6. The fraction of sp³-hybridized carbons (Fsp3) is 0.273. The van der Waals surface area contributed by atoms with Crippen molar-refractivity contribution in [2.45, 2.75) is 18.1 Å². The SMILES string of the molecule is COc1cccc([C@@H]2CC(=O)N3C(=C2C#N)SC[C@]3(O)c2cccc(OC)c2)c1. The molecule has 2 aromatic rings. The summed E-state index contributed by atoms with van der Waals surface area (Å²) in [5, 5.41) is 21.9. The number of ether oxygens (including phenoxy) is 2. The van der Waals surface area contributed by atoms with Gasteiger partial charge in [0.05, 0.1) is 36.6 Å². The smallest absolute Gasteiger partial charge is 0.231 e.